The number of ether oxygens (including phenoxy) is 2. The number of benzene rings is 1. The fraction of sp³-hybridized carbons (Fsp3) is 0.650. The van der Waals surface area contributed by atoms with Gasteiger partial charge in [0, 0.05) is 32.8 Å². The van der Waals surface area contributed by atoms with Crippen LogP contribution >= 0.6 is 0 Å². The van der Waals surface area contributed by atoms with Crippen molar-refractivity contribution in [3.05, 3.63) is 29.8 Å². The first-order valence-corrected chi connectivity index (χ1v) is 9.55. The van der Waals surface area contributed by atoms with Crippen LogP contribution in [0.25, 0.3) is 0 Å². The molecular formula is C20H30N2O4. The number of hydrogen-bond acceptors (Lipinski definition) is 4. The Labute approximate surface area is 155 Å². The third-order valence-electron chi connectivity index (χ3n) is 5.70. The van der Waals surface area contributed by atoms with E-state index in [-0.39, 0.29) is 18.2 Å². The molecule has 0 saturated carbocycles. The molecule has 1 spiro atoms. The molecule has 1 aromatic rings. The molecule has 2 aliphatic heterocycles. The van der Waals surface area contributed by atoms with Crippen molar-refractivity contribution >= 4 is 6.03 Å². The highest BCUT2D eigenvalue weighted by molar-refractivity contribution is 5.74. The molecule has 3 rings (SSSR count). The highest BCUT2D eigenvalue weighted by atomic mass is 16.5. The second-order valence-electron chi connectivity index (χ2n) is 7.40. The molecule has 0 aromatic heterocycles. The van der Waals surface area contributed by atoms with E-state index in [2.05, 4.69) is 5.32 Å². The van der Waals surface area contributed by atoms with Gasteiger partial charge in [-0.15, -0.1) is 0 Å². The molecule has 26 heavy (non-hydrogen) atoms. The predicted molar refractivity (Wildman–Crippen MR) is 99.1 cm³/mol. The summed E-state index contributed by atoms with van der Waals surface area (Å²) in [6.45, 7) is 2.98. The molecule has 2 amide bonds. The highest BCUT2D eigenvalue weighted by Crippen LogP contribution is 2.38. The zero-order chi connectivity index (χ0) is 18.4. The lowest BCUT2D eigenvalue weighted by atomic mass is 9.78. The molecule has 144 valence electrons. The SMILES string of the molecule is COc1ccc(CNC(=O)N2CCC3(CC2)CC(CCO)CCO3)cc1. The zero-order valence-electron chi connectivity index (χ0n) is 15.6. The summed E-state index contributed by atoms with van der Waals surface area (Å²) in [6, 6.07) is 7.70. The van der Waals surface area contributed by atoms with E-state index in [0.29, 0.717) is 12.5 Å². The Kier molecular flexibility index (Phi) is 6.38. The highest BCUT2D eigenvalue weighted by Gasteiger charge is 2.40. The van der Waals surface area contributed by atoms with Crippen LogP contribution in [0.4, 0.5) is 4.79 Å². The number of rotatable bonds is 5. The van der Waals surface area contributed by atoms with Gasteiger partial charge < -0.3 is 24.8 Å². The molecule has 2 saturated heterocycles. The van der Waals surface area contributed by atoms with Crippen molar-refractivity contribution < 1.29 is 19.4 Å². The van der Waals surface area contributed by atoms with E-state index < -0.39 is 0 Å². The number of aliphatic hydroxyl groups excluding tert-OH is 1. The van der Waals surface area contributed by atoms with E-state index in [9.17, 15) is 9.90 Å². The molecule has 0 bridgehead atoms. The maximum absolute atomic E-state index is 12.4. The van der Waals surface area contributed by atoms with E-state index >= 15 is 0 Å². The smallest absolute Gasteiger partial charge is 0.317 e. The van der Waals surface area contributed by atoms with Gasteiger partial charge in [-0.3, -0.25) is 0 Å². The van der Waals surface area contributed by atoms with Crippen molar-refractivity contribution in [3.63, 3.8) is 0 Å². The van der Waals surface area contributed by atoms with E-state index in [4.69, 9.17) is 9.47 Å². The van der Waals surface area contributed by atoms with E-state index in [1.807, 2.05) is 29.2 Å². The minimum absolute atomic E-state index is 0.0154. The number of aliphatic hydroxyl groups is 1. The number of urea groups is 1. The molecule has 2 fully saturated rings. The number of piperidine rings is 1. The van der Waals surface area contributed by atoms with Crippen LogP contribution in [0.15, 0.2) is 24.3 Å². The summed E-state index contributed by atoms with van der Waals surface area (Å²) in [7, 11) is 1.64. The maximum Gasteiger partial charge on any atom is 0.317 e. The third-order valence-corrected chi connectivity index (χ3v) is 5.70. The van der Waals surface area contributed by atoms with Crippen LogP contribution in [0.1, 0.15) is 37.7 Å². The quantitative estimate of drug-likeness (QED) is 0.844. The summed E-state index contributed by atoms with van der Waals surface area (Å²) >= 11 is 0. The van der Waals surface area contributed by atoms with Gasteiger partial charge in [-0.25, -0.2) is 4.79 Å². The molecule has 6 nitrogen and oxygen atoms in total. The minimum Gasteiger partial charge on any atom is -0.497 e. The standard InChI is InChI=1S/C20H30N2O4/c1-25-18-4-2-17(3-5-18)15-21-19(24)22-10-8-20(9-11-22)14-16(6-12-23)7-13-26-20/h2-5,16,23H,6-15H2,1H3,(H,21,24). The summed E-state index contributed by atoms with van der Waals surface area (Å²) < 4.78 is 11.3. The summed E-state index contributed by atoms with van der Waals surface area (Å²) in [5.41, 5.74) is 0.959. The molecule has 1 unspecified atom stereocenters. The Morgan fingerprint density at radius 2 is 2.08 bits per heavy atom. The van der Waals surface area contributed by atoms with Crippen LogP contribution < -0.4 is 10.1 Å². The minimum atomic E-state index is -0.0924. The lowest BCUT2D eigenvalue weighted by Crippen LogP contribution is -2.52. The topological polar surface area (TPSA) is 71.0 Å². The molecule has 2 N–H and O–H groups in total. The fourth-order valence-electron chi connectivity index (χ4n) is 4.06. The van der Waals surface area contributed by atoms with Gasteiger partial charge in [0.1, 0.15) is 5.75 Å². The van der Waals surface area contributed by atoms with Crippen molar-refractivity contribution in [2.75, 3.05) is 33.4 Å². The third kappa shape index (κ3) is 4.68. The predicted octanol–water partition coefficient (Wildman–Crippen LogP) is 2.55. The normalized spacial score (nSPS) is 22.2. The summed E-state index contributed by atoms with van der Waals surface area (Å²) in [4.78, 5) is 14.3. The molecule has 1 atom stereocenters. The molecule has 1 aromatic carbocycles. The molecule has 0 aliphatic carbocycles. The lowest BCUT2D eigenvalue weighted by molar-refractivity contribution is -0.124. The van der Waals surface area contributed by atoms with Gasteiger partial charge in [0.05, 0.1) is 12.7 Å². The van der Waals surface area contributed by atoms with Gasteiger partial charge in [0.15, 0.2) is 0 Å². The first kappa shape index (κ1) is 19.0. The first-order chi connectivity index (χ1) is 12.6. The van der Waals surface area contributed by atoms with Crippen molar-refractivity contribution in [2.24, 2.45) is 5.92 Å². The van der Waals surface area contributed by atoms with E-state index in [0.717, 1.165) is 63.1 Å². The monoisotopic (exact) mass is 362 g/mol. The van der Waals surface area contributed by atoms with Crippen molar-refractivity contribution in [3.8, 4) is 5.75 Å². The van der Waals surface area contributed by atoms with E-state index in [1.165, 1.54) is 0 Å². The Morgan fingerprint density at radius 1 is 1.35 bits per heavy atom. The number of carbonyl (C=O) groups is 1. The Bertz CT molecular complexity index is 580. The van der Waals surface area contributed by atoms with Gasteiger partial charge in [-0.2, -0.15) is 0 Å². The zero-order valence-corrected chi connectivity index (χ0v) is 15.6. The van der Waals surface area contributed by atoms with Crippen LogP contribution in [0.5, 0.6) is 5.75 Å². The average Bonchev–Trinajstić information content (AvgIpc) is 2.67. The second-order valence-corrected chi connectivity index (χ2v) is 7.40. The van der Waals surface area contributed by atoms with Crippen LogP contribution in [-0.2, 0) is 11.3 Å². The number of amides is 2. The Hall–Kier alpha value is -1.79. The maximum atomic E-state index is 12.4. The van der Waals surface area contributed by atoms with Crippen LogP contribution in [0.3, 0.4) is 0 Å². The van der Waals surface area contributed by atoms with Gasteiger partial charge in [-0.1, -0.05) is 12.1 Å². The van der Waals surface area contributed by atoms with Crippen molar-refractivity contribution in [1.29, 1.82) is 0 Å². The van der Waals surface area contributed by atoms with Crippen molar-refractivity contribution in [2.45, 2.75) is 44.2 Å². The largest absolute Gasteiger partial charge is 0.497 e. The van der Waals surface area contributed by atoms with Gasteiger partial charge in [-0.05, 0) is 55.7 Å². The molecule has 6 heteroatoms. The number of methoxy groups -OCH3 is 1. The van der Waals surface area contributed by atoms with Gasteiger partial charge in [0.2, 0.25) is 0 Å². The number of carbonyl (C=O) groups excluding carboxylic acids is 1. The summed E-state index contributed by atoms with van der Waals surface area (Å²) in [5.74, 6) is 1.36. The molecule has 0 radical (unpaired) electrons. The lowest BCUT2D eigenvalue weighted by Gasteiger charge is -2.46. The van der Waals surface area contributed by atoms with Crippen molar-refractivity contribution in [1.82, 2.24) is 10.2 Å². The fourth-order valence-corrected chi connectivity index (χ4v) is 4.06. The average molecular weight is 362 g/mol. The number of nitrogens with one attached hydrogen (secondary N) is 1. The van der Waals surface area contributed by atoms with Gasteiger partial charge in [0.25, 0.3) is 0 Å². The Morgan fingerprint density at radius 3 is 2.73 bits per heavy atom. The second kappa shape index (κ2) is 8.73. The van der Waals surface area contributed by atoms with Crippen LogP contribution in [0, 0.1) is 5.92 Å². The van der Waals surface area contributed by atoms with Gasteiger partial charge >= 0.3 is 6.03 Å². The van der Waals surface area contributed by atoms with Crippen LogP contribution in [-0.4, -0.2) is 55.1 Å². The first-order valence-electron chi connectivity index (χ1n) is 9.55. The van der Waals surface area contributed by atoms with Crippen LogP contribution in [0.2, 0.25) is 0 Å². The molecule has 2 heterocycles. The molecule has 2 aliphatic rings. The number of likely N-dealkylation sites (tertiary alicyclic amines) is 1. The number of hydrogen-bond donors (Lipinski definition) is 2. The number of nitrogens with zero attached hydrogens (tertiary/aromatic N) is 1. The molecular weight excluding hydrogens is 332 g/mol. The summed E-state index contributed by atoms with van der Waals surface area (Å²) in [5, 5.41) is 12.2. The summed E-state index contributed by atoms with van der Waals surface area (Å²) in [6.07, 6.45) is 4.66. The Balaban J connectivity index is 1.45. The van der Waals surface area contributed by atoms with E-state index in [1.54, 1.807) is 7.11 Å².